The minimum Gasteiger partial charge on any atom is -0.386 e. The smallest absolute Gasteiger partial charge is 0.236 e. The van der Waals surface area contributed by atoms with Crippen molar-refractivity contribution in [3.05, 3.63) is 51.1 Å². The van der Waals surface area contributed by atoms with E-state index in [4.69, 9.17) is 0 Å². The number of benzene rings is 1. The number of thiophene rings is 1. The van der Waals surface area contributed by atoms with Gasteiger partial charge in [0.05, 0.1) is 12.0 Å². The van der Waals surface area contributed by atoms with Crippen LogP contribution in [-0.2, 0) is 27.8 Å². The molecular formula is C22H30FNO3S2. The van der Waals surface area contributed by atoms with Gasteiger partial charge in [0.1, 0.15) is 10.0 Å². The Morgan fingerprint density at radius 1 is 1.21 bits per heavy atom. The second-order valence-corrected chi connectivity index (χ2v) is 10.8. The van der Waals surface area contributed by atoms with E-state index in [1.54, 1.807) is 26.2 Å². The highest BCUT2D eigenvalue weighted by atomic mass is 32.2. The van der Waals surface area contributed by atoms with E-state index in [0.29, 0.717) is 15.3 Å². The van der Waals surface area contributed by atoms with Gasteiger partial charge >= 0.3 is 0 Å². The molecular weight excluding hydrogens is 409 g/mol. The monoisotopic (exact) mass is 439 g/mol. The number of halogens is 1. The molecule has 0 bridgehead atoms. The maximum Gasteiger partial charge on any atom is 0.236 e. The standard InChI is InChI=1S/C22H30FNO3S2/c1-12(2)16-8-15(23)9-17(13(3)4)18(16)10-20(25)24-29(27)21-14(5)19(11-28-21)22(6,7)26/h8-9,11-13,26H,10H2,1-7H3,(H,24,25). The molecule has 0 fully saturated rings. The highest BCUT2D eigenvalue weighted by Gasteiger charge is 2.25. The predicted octanol–water partition coefficient (Wildman–Crippen LogP) is 5.05. The number of hydrogen-bond acceptors (Lipinski definition) is 4. The second-order valence-electron chi connectivity index (χ2n) is 8.46. The Kier molecular flexibility index (Phi) is 7.41. The van der Waals surface area contributed by atoms with E-state index in [-0.39, 0.29) is 30.0 Å². The molecule has 0 aliphatic heterocycles. The van der Waals surface area contributed by atoms with Crippen molar-refractivity contribution in [3.8, 4) is 0 Å². The molecule has 1 aromatic heterocycles. The van der Waals surface area contributed by atoms with Gasteiger partial charge in [-0.15, -0.1) is 11.3 Å². The van der Waals surface area contributed by atoms with Crippen LogP contribution in [0.4, 0.5) is 4.39 Å². The summed E-state index contributed by atoms with van der Waals surface area (Å²) in [7, 11) is -1.72. The highest BCUT2D eigenvalue weighted by Crippen LogP contribution is 2.33. The van der Waals surface area contributed by atoms with Gasteiger partial charge in [-0.25, -0.2) is 8.60 Å². The van der Waals surface area contributed by atoms with Crippen molar-refractivity contribution in [1.29, 1.82) is 0 Å². The second kappa shape index (κ2) is 9.06. The molecule has 2 rings (SSSR count). The molecule has 0 saturated carbocycles. The van der Waals surface area contributed by atoms with Crippen LogP contribution >= 0.6 is 11.3 Å². The summed E-state index contributed by atoms with van der Waals surface area (Å²) in [6, 6.07) is 2.96. The summed E-state index contributed by atoms with van der Waals surface area (Å²) in [5, 5.41) is 12.0. The van der Waals surface area contributed by atoms with Crippen molar-refractivity contribution in [2.75, 3.05) is 0 Å². The summed E-state index contributed by atoms with van der Waals surface area (Å²) in [6.07, 6.45) is 0.0375. The first-order chi connectivity index (χ1) is 13.3. The van der Waals surface area contributed by atoms with Gasteiger partial charge in [-0.3, -0.25) is 9.52 Å². The van der Waals surface area contributed by atoms with E-state index in [9.17, 15) is 18.5 Å². The molecule has 0 aliphatic carbocycles. The fourth-order valence-corrected chi connectivity index (χ4v) is 5.80. The Labute approximate surface area is 179 Å². The summed E-state index contributed by atoms with van der Waals surface area (Å²) in [4.78, 5) is 12.7. The zero-order valence-electron chi connectivity index (χ0n) is 18.1. The third-order valence-corrected chi connectivity index (χ3v) is 7.57. The van der Waals surface area contributed by atoms with Crippen molar-refractivity contribution in [2.45, 2.75) is 76.5 Å². The largest absolute Gasteiger partial charge is 0.386 e. The molecule has 1 heterocycles. The van der Waals surface area contributed by atoms with Gasteiger partial charge in [-0.05, 0) is 77.9 Å². The average molecular weight is 440 g/mol. The number of carbonyl (C=O) groups excluding carboxylic acids is 1. The number of amides is 1. The van der Waals surface area contributed by atoms with E-state index in [1.165, 1.54) is 23.5 Å². The molecule has 0 radical (unpaired) electrons. The number of aliphatic hydroxyl groups is 1. The molecule has 1 unspecified atom stereocenters. The maximum absolute atomic E-state index is 14.1. The lowest BCUT2D eigenvalue weighted by Gasteiger charge is -2.20. The molecule has 160 valence electrons. The number of hydrogen-bond donors (Lipinski definition) is 2. The van der Waals surface area contributed by atoms with Gasteiger partial charge in [-0.2, -0.15) is 0 Å². The Morgan fingerprint density at radius 2 is 1.72 bits per heavy atom. The van der Waals surface area contributed by atoms with Crippen LogP contribution in [-0.4, -0.2) is 15.2 Å². The van der Waals surface area contributed by atoms with Gasteiger partial charge in [0.15, 0.2) is 11.0 Å². The van der Waals surface area contributed by atoms with Crippen LogP contribution in [0.15, 0.2) is 21.7 Å². The van der Waals surface area contributed by atoms with Crippen molar-refractivity contribution < 1.29 is 18.5 Å². The lowest BCUT2D eigenvalue weighted by Crippen LogP contribution is -2.28. The lowest BCUT2D eigenvalue weighted by atomic mass is 9.87. The van der Waals surface area contributed by atoms with E-state index in [2.05, 4.69) is 4.72 Å². The van der Waals surface area contributed by atoms with Crippen LogP contribution in [0, 0.1) is 12.7 Å². The summed E-state index contributed by atoms with van der Waals surface area (Å²) in [6.45, 7) is 13.0. The van der Waals surface area contributed by atoms with Crippen molar-refractivity contribution in [2.24, 2.45) is 0 Å². The first-order valence-corrected chi connectivity index (χ1v) is 11.7. The van der Waals surface area contributed by atoms with Gasteiger partial charge in [0, 0.05) is 0 Å². The molecule has 0 saturated heterocycles. The molecule has 4 nitrogen and oxygen atoms in total. The fourth-order valence-electron chi connectivity index (χ4n) is 3.45. The topological polar surface area (TPSA) is 66.4 Å². The number of nitrogens with one attached hydrogen (secondary N) is 1. The lowest BCUT2D eigenvalue weighted by molar-refractivity contribution is -0.118. The van der Waals surface area contributed by atoms with E-state index in [0.717, 1.165) is 16.7 Å². The Bertz CT molecular complexity index is 898. The minimum atomic E-state index is -1.72. The number of rotatable bonds is 7. The van der Waals surface area contributed by atoms with E-state index in [1.807, 2.05) is 27.7 Å². The molecule has 1 aromatic carbocycles. The summed E-state index contributed by atoms with van der Waals surface area (Å²) < 4.78 is 29.9. The zero-order chi connectivity index (χ0) is 22.1. The van der Waals surface area contributed by atoms with Gasteiger partial charge in [-0.1, -0.05) is 27.7 Å². The predicted molar refractivity (Wildman–Crippen MR) is 117 cm³/mol. The third kappa shape index (κ3) is 5.53. The molecule has 0 aliphatic rings. The zero-order valence-corrected chi connectivity index (χ0v) is 19.7. The molecule has 1 amide bonds. The molecule has 1 atom stereocenters. The quantitative estimate of drug-likeness (QED) is 0.634. The summed E-state index contributed by atoms with van der Waals surface area (Å²) in [5.74, 6) is -0.564. The van der Waals surface area contributed by atoms with Crippen LogP contribution in [0.5, 0.6) is 0 Å². The van der Waals surface area contributed by atoms with Gasteiger partial charge in [0.2, 0.25) is 5.91 Å². The molecule has 29 heavy (non-hydrogen) atoms. The maximum atomic E-state index is 14.1. The average Bonchev–Trinajstić information content (AvgIpc) is 2.97. The van der Waals surface area contributed by atoms with E-state index >= 15 is 0 Å². The molecule has 0 spiro atoms. The van der Waals surface area contributed by atoms with Crippen molar-refractivity contribution >= 4 is 28.2 Å². The van der Waals surface area contributed by atoms with Crippen LogP contribution in [0.25, 0.3) is 0 Å². The molecule has 2 aromatic rings. The van der Waals surface area contributed by atoms with E-state index < -0.39 is 16.6 Å². The highest BCUT2D eigenvalue weighted by molar-refractivity contribution is 7.86. The van der Waals surface area contributed by atoms with Crippen molar-refractivity contribution in [1.82, 2.24) is 4.72 Å². The Balaban J connectivity index is 2.28. The summed E-state index contributed by atoms with van der Waals surface area (Å²) in [5.41, 5.74) is 2.76. The molecule has 7 heteroatoms. The summed E-state index contributed by atoms with van der Waals surface area (Å²) >= 11 is 1.25. The minimum absolute atomic E-state index is 0.0375. The molecule has 2 N–H and O–H groups in total. The van der Waals surface area contributed by atoms with Crippen LogP contribution in [0.2, 0.25) is 0 Å². The van der Waals surface area contributed by atoms with Gasteiger partial charge < -0.3 is 5.11 Å². The van der Waals surface area contributed by atoms with Crippen LogP contribution in [0.1, 0.15) is 81.2 Å². The third-order valence-electron chi connectivity index (χ3n) is 4.89. The van der Waals surface area contributed by atoms with Crippen molar-refractivity contribution in [3.63, 3.8) is 0 Å². The normalized spacial score (nSPS) is 13.2. The first kappa shape index (κ1) is 23.7. The first-order valence-electron chi connectivity index (χ1n) is 9.67. The number of carbonyl (C=O) groups is 1. The Hall–Kier alpha value is -1.57. The fraction of sp³-hybridized carbons (Fsp3) is 0.500. The van der Waals surface area contributed by atoms with Gasteiger partial charge in [0.25, 0.3) is 0 Å². The van der Waals surface area contributed by atoms with Crippen LogP contribution in [0.3, 0.4) is 0 Å². The SMILES string of the molecule is Cc1c(C(C)(C)O)csc1S(=O)NC(=O)Cc1c(C(C)C)cc(F)cc1C(C)C. The van der Waals surface area contributed by atoms with Crippen LogP contribution < -0.4 is 4.72 Å². The Morgan fingerprint density at radius 3 is 2.14 bits per heavy atom.